The first-order chi connectivity index (χ1) is 11.7. The molecule has 2 aliphatic heterocycles. The Hall–Kier alpha value is -2.24. The summed E-state index contributed by atoms with van der Waals surface area (Å²) >= 11 is 5.46. The van der Waals surface area contributed by atoms with Crippen molar-refractivity contribution >= 4 is 28.7 Å². The van der Waals surface area contributed by atoms with Gasteiger partial charge in [-0.15, -0.1) is 0 Å². The van der Waals surface area contributed by atoms with Crippen LogP contribution in [0.25, 0.3) is 0 Å². The predicted octanol–water partition coefficient (Wildman–Crippen LogP) is 0.641. The topological polar surface area (TPSA) is 70.8 Å². The molecule has 0 bridgehead atoms. The number of nitrogens with zero attached hydrogens (tertiary/aromatic N) is 6. The number of pyridine rings is 1. The van der Waals surface area contributed by atoms with E-state index in [1.807, 2.05) is 6.07 Å². The Kier molecular flexibility index (Phi) is 5.23. The standard InChI is InChI=1S/C16H21N7S/c1-21-7-4-13(15-14(21)3-2-6-18-15)19-20-16(24)23-11-9-22(8-5-17)10-12-23/h2-3,6H,4,7-12H2,1H3,(H,20,24)/b19-13-. The number of piperazine rings is 1. The fourth-order valence-corrected chi connectivity index (χ4v) is 3.17. The van der Waals surface area contributed by atoms with E-state index in [1.165, 1.54) is 0 Å². The van der Waals surface area contributed by atoms with E-state index in [-0.39, 0.29) is 0 Å². The van der Waals surface area contributed by atoms with Crippen molar-refractivity contribution in [2.45, 2.75) is 6.42 Å². The van der Waals surface area contributed by atoms with Crippen molar-refractivity contribution in [3.8, 4) is 6.07 Å². The molecule has 0 atom stereocenters. The first-order valence-corrected chi connectivity index (χ1v) is 8.47. The van der Waals surface area contributed by atoms with Crippen LogP contribution in [-0.2, 0) is 0 Å². The Morgan fingerprint density at radius 2 is 2.17 bits per heavy atom. The summed E-state index contributed by atoms with van der Waals surface area (Å²) in [5.74, 6) is 0. The van der Waals surface area contributed by atoms with Crippen LogP contribution < -0.4 is 10.3 Å². The van der Waals surface area contributed by atoms with Crippen molar-refractivity contribution < 1.29 is 0 Å². The van der Waals surface area contributed by atoms with E-state index in [9.17, 15) is 0 Å². The monoisotopic (exact) mass is 343 g/mol. The number of anilines is 1. The van der Waals surface area contributed by atoms with Crippen molar-refractivity contribution in [3.63, 3.8) is 0 Å². The van der Waals surface area contributed by atoms with Gasteiger partial charge >= 0.3 is 0 Å². The molecule has 8 heteroatoms. The third kappa shape index (κ3) is 3.63. The summed E-state index contributed by atoms with van der Waals surface area (Å²) in [5.41, 5.74) is 5.98. The lowest BCUT2D eigenvalue weighted by atomic mass is 10.1. The van der Waals surface area contributed by atoms with Crippen molar-refractivity contribution in [2.24, 2.45) is 5.10 Å². The van der Waals surface area contributed by atoms with Gasteiger partial charge in [-0.3, -0.25) is 15.3 Å². The summed E-state index contributed by atoms with van der Waals surface area (Å²) in [6, 6.07) is 6.19. The molecule has 0 radical (unpaired) electrons. The third-order valence-corrected chi connectivity index (χ3v) is 4.74. The minimum Gasteiger partial charge on any atom is -0.372 e. The Morgan fingerprint density at radius 1 is 1.38 bits per heavy atom. The molecule has 1 saturated heterocycles. The fraction of sp³-hybridized carbons (Fsp3) is 0.500. The van der Waals surface area contributed by atoms with Gasteiger partial charge < -0.3 is 9.80 Å². The highest BCUT2D eigenvalue weighted by Gasteiger charge is 2.21. The molecule has 2 aliphatic rings. The van der Waals surface area contributed by atoms with Crippen molar-refractivity contribution in [3.05, 3.63) is 24.0 Å². The number of fused-ring (bicyclic) bond motifs is 1. The predicted molar refractivity (Wildman–Crippen MR) is 98.0 cm³/mol. The molecule has 0 unspecified atom stereocenters. The number of nitriles is 1. The highest BCUT2D eigenvalue weighted by atomic mass is 32.1. The second-order valence-corrected chi connectivity index (χ2v) is 6.33. The maximum Gasteiger partial charge on any atom is 0.189 e. The van der Waals surface area contributed by atoms with Crippen LogP contribution in [0.5, 0.6) is 0 Å². The first-order valence-electron chi connectivity index (χ1n) is 8.06. The molecule has 1 aromatic heterocycles. The summed E-state index contributed by atoms with van der Waals surface area (Å²) in [4.78, 5) is 10.9. The Morgan fingerprint density at radius 3 is 2.92 bits per heavy atom. The molecular formula is C16H21N7S. The third-order valence-electron chi connectivity index (χ3n) is 4.40. The Labute approximate surface area is 147 Å². The molecule has 0 aromatic carbocycles. The molecule has 3 heterocycles. The van der Waals surface area contributed by atoms with Gasteiger partial charge in [-0.25, -0.2) is 0 Å². The van der Waals surface area contributed by atoms with Crippen LogP contribution in [0.1, 0.15) is 12.1 Å². The molecule has 0 aliphatic carbocycles. The van der Waals surface area contributed by atoms with E-state index in [1.54, 1.807) is 6.20 Å². The van der Waals surface area contributed by atoms with Crippen LogP contribution in [0.2, 0.25) is 0 Å². The van der Waals surface area contributed by atoms with E-state index < -0.39 is 0 Å². The van der Waals surface area contributed by atoms with E-state index >= 15 is 0 Å². The molecule has 7 nitrogen and oxygen atoms in total. The highest BCUT2D eigenvalue weighted by molar-refractivity contribution is 7.80. The van der Waals surface area contributed by atoms with Gasteiger partial charge in [-0.1, -0.05) is 0 Å². The lowest BCUT2D eigenvalue weighted by molar-refractivity contribution is 0.198. The van der Waals surface area contributed by atoms with Gasteiger partial charge in [0.05, 0.1) is 24.0 Å². The number of nitrogens with one attached hydrogen (secondary N) is 1. The van der Waals surface area contributed by atoms with Gasteiger partial charge in [0.15, 0.2) is 5.11 Å². The summed E-state index contributed by atoms with van der Waals surface area (Å²) < 4.78 is 0. The molecule has 0 spiro atoms. The molecule has 3 rings (SSSR count). The Balaban J connectivity index is 1.61. The molecule has 24 heavy (non-hydrogen) atoms. The van der Waals surface area contributed by atoms with Gasteiger partial charge in [-0.2, -0.15) is 10.4 Å². The zero-order valence-corrected chi connectivity index (χ0v) is 14.6. The SMILES string of the molecule is CN1CC/C(=N/NC(=S)N2CCN(CC#N)CC2)c2ncccc21. The lowest BCUT2D eigenvalue weighted by Gasteiger charge is -2.34. The number of hydrogen-bond donors (Lipinski definition) is 1. The van der Waals surface area contributed by atoms with Gasteiger partial charge in [0.25, 0.3) is 0 Å². The minimum absolute atomic E-state index is 0.478. The molecular weight excluding hydrogens is 322 g/mol. The molecule has 0 saturated carbocycles. The number of aromatic nitrogens is 1. The van der Waals surface area contributed by atoms with Crippen LogP contribution in [0.4, 0.5) is 5.69 Å². The van der Waals surface area contributed by atoms with E-state index in [0.717, 1.165) is 56.2 Å². The first kappa shape index (κ1) is 16.6. The second-order valence-electron chi connectivity index (χ2n) is 5.94. The van der Waals surface area contributed by atoms with Gasteiger partial charge in [0, 0.05) is 52.4 Å². The largest absolute Gasteiger partial charge is 0.372 e. The van der Waals surface area contributed by atoms with Crippen LogP contribution in [0.3, 0.4) is 0 Å². The van der Waals surface area contributed by atoms with Gasteiger partial charge in [-0.05, 0) is 24.4 Å². The number of hydrazone groups is 1. The Bertz CT molecular complexity index is 673. The normalized spacial score (nSPS) is 19.8. The summed E-state index contributed by atoms with van der Waals surface area (Å²) in [6.07, 6.45) is 2.63. The van der Waals surface area contributed by atoms with Crippen molar-refractivity contribution in [1.82, 2.24) is 20.2 Å². The smallest absolute Gasteiger partial charge is 0.189 e. The molecule has 1 fully saturated rings. The number of thiocarbonyl (C=S) groups is 1. The van der Waals surface area contributed by atoms with E-state index in [0.29, 0.717) is 11.7 Å². The van der Waals surface area contributed by atoms with Gasteiger partial charge in [0.2, 0.25) is 0 Å². The van der Waals surface area contributed by atoms with Crippen molar-refractivity contribution in [1.29, 1.82) is 5.26 Å². The molecule has 1 aromatic rings. The van der Waals surface area contributed by atoms with Crippen molar-refractivity contribution in [2.75, 3.05) is 51.2 Å². The van der Waals surface area contributed by atoms with Gasteiger partial charge in [0.1, 0.15) is 5.69 Å². The fourth-order valence-electron chi connectivity index (χ4n) is 2.94. The molecule has 126 valence electrons. The molecule has 1 N–H and O–H groups in total. The molecule has 0 amide bonds. The quantitative estimate of drug-likeness (QED) is 0.480. The average molecular weight is 343 g/mol. The summed E-state index contributed by atoms with van der Waals surface area (Å²) in [6.45, 7) is 4.72. The zero-order valence-electron chi connectivity index (χ0n) is 13.8. The van der Waals surface area contributed by atoms with Crippen LogP contribution in [0.15, 0.2) is 23.4 Å². The summed E-state index contributed by atoms with van der Waals surface area (Å²) in [7, 11) is 2.07. The second kappa shape index (κ2) is 7.55. The number of hydrogen-bond acceptors (Lipinski definition) is 6. The highest BCUT2D eigenvalue weighted by Crippen LogP contribution is 2.23. The zero-order chi connectivity index (χ0) is 16.9. The van der Waals surface area contributed by atoms with Crippen LogP contribution in [0, 0.1) is 11.3 Å². The number of rotatable bonds is 2. The van der Waals surface area contributed by atoms with Crippen LogP contribution >= 0.6 is 12.2 Å². The van der Waals surface area contributed by atoms with Crippen LogP contribution in [-0.4, -0.2) is 71.9 Å². The average Bonchev–Trinajstić information content (AvgIpc) is 2.62. The van der Waals surface area contributed by atoms with E-state index in [2.05, 4.69) is 49.4 Å². The maximum atomic E-state index is 8.75. The van der Waals surface area contributed by atoms with E-state index in [4.69, 9.17) is 17.5 Å². The summed E-state index contributed by atoms with van der Waals surface area (Å²) in [5, 5.41) is 13.9. The lowest BCUT2D eigenvalue weighted by Crippen LogP contribution is -2.51. The maximum absolute atomic E-state index is 8.75. The minimum atomic E-state index is 0.478.